The minimum Gasteiger partial charge on any atom is -0.438 e. The molecule has 0 unspecified atom stereocenters. The Bertz CT molecular complexity index is 1440. The average molecular weight is 438 g/mol. The van der Waals surface area contributed by atoms with E-state index in [9.17, 15) is 9.59 Å². The van der Waals surface area contributed by atoms with Gasteiger partial charge in [0.1, 0.15) is 24.3 Å². The zero-order valence-corrected chi connectivity index (χ0v) is 17.6. The first-order valence-electron chi connectivity index (χ1n) is 10.3. The van der Waals surface area contributed by atoms with E-state index in [1.807, 2.05) is 13.0 Å². The van der Waals surface area contributed by atoms with Crippen LogP contribution in [0.5, 0.6) is 11.6 Å². The number of benzene rings is 2. The number of anilines is 2. The van der Waals surface area contributed by atoms with Crippen LogP contribution in [0.2, 0.25) is 0 Å². The average Bonchev–Trinajstić information content (AvgIpc) is 3.44. The van der Waals surface area contributed by atoms with Crippen LogP contribution in [0.15, 0.2) is 61.1 Å². The summed E-state index contributed by atoms with van der Waals surface area (Å²) in [6.07, 6.45) is 3.76. The maximum atomic E-state index is 13.2. The van der Waals surface area contributed by atoms with Crippen molar-refractivity contribution >= 4 is 34.3 Å². The quantitative estimate of drug-likeness (QED) is 0.468. The third-order valence-electron chi connectivity index (χ3n) is 5.46. The van der Waals surface area contributed by atoms with Crippen LogP contribution in [0.1, 0.15) is 18.1 Å². The summed E-state index contributed by atoms with van der Waals surface area (Å²) in [7, 11) is 0. The van der Waals surface area contributed by atoms with E-state index in [-0.39, 0.29) is 12.5 Å². The Morgan fingerprint density at radius 2 is 2.03 bits per heavy atom. The van der Waals surface area contributed by atoms with Gasteiger partial charge in [-0.25, -0.2) is 19.7 Å². The molecule has 33 heavy (non-hydrogen) atoms. The minimum absolute atomic E-state index is 0.0957. The molecule has 5 rings (SSSR count). The van der Waals surface area contributed by atoms with Crippen LogP contribution in [-0.4, -0.2) is 33.4 Å². The summed E-state index contributed by atoms with van der Waals surface area (Å²) in [4.78, 5) is 39.9. The number of hydrogen-bond acceptors (Lipinski definition) is 6. The van der Waals surface area contributed by atoms with Crippen LogP contribution in [0.25, 0.3) is 11.0 Å². The lowest BCUT2D eigenvalue weighted by Crippen LogP contribution is -2.33. The van der Waals surface area contributed by atoms with Gasteiger partial charge in [-0.3, -0.25) is 9.69 Å². The van der Waals surface area contributed by atoms with Crippen molar-refractivity contribution in [2.24, 2.45) is 0 Å². The second-order valence-electron chi connectivity index (χ2n) is 7.42. The van der Waals surface area contributed by atoms with Gasteiger partial charge in [0.25, 0.3) is 5.91 Å². The number of nitriles is 1. The first kappa shape index (κ1) is 20.2. The molecule has 0 saturated carbocycles. The van der Waals surface area contributed by atoms with Crippen molar-refractivity contribution in [3.8, 4) is 17.7 Å². The molecule has 2 aromatic carbocycles. The van der Waals surface area contributed by atoms with Crippen molar-refractivity contribution in [1.82, 2.24) is 15.0 Å². The number of hydrogen-bond donors (Lipinski definition) is 1. The Hall–Kier alpha value is -4.71. The molecule has 9 nitrogen and oxygen atoms in total. The predicted molar refractivity (Wildman–Crippen MR) is 121 cm³/mol. The van der Waals surface area contributed by atoms with E-state index in [1.54, 1.807) is 48.7 Å². The zero-order valence-electron chi connectivity index (χ0n) is 17.6. The van der Waals surface area contributed by atoms with Gasteiger partial charge in [0, 0.05) is 11.9 Å². The summed E-state index contributed by atoms with van der Waals surface area (Å²) in [5.41, 5.74) is 2.88. The molecule has 1 N–H and O–H groups in total. The highest BCUT2D eigenvalue weighted by Gasteiger charge is 2.39. The van der Waals surface area contributed by atoms with E-state index < -0.39 is 6.03 Å². The van der Waals surface area contributed by atoms with E-state index in [2.05, 4.69) is 21.0 Å². The molecule has 0 bridgehead atoms. The summed E-state index contributed by atoms with van der Waals surface area (Å²) in [6, 6.07) is 15.3. The lowest BCUT2D eigenvalue weighted by atomic mass is 10.1. The molecular formula is C24H18N6O3. The van der Waals surface area contributed by atoms with Crippen LogP contribution in [0.3, 0.4) is 0 Å². The van der Waals surface area contributed by atoms with Crippen LogP contribution in [0, 0.1) is 11.3 Å². The van der Waals surface area contributed by atoms with Crippen molar-refractivity contribution in [1.29, 1.82) is 5.26 Å². The van der Waals surface area contributed by atoms with E-state index in [4.69, 9.17) is 10.00 Å². The van der Waals surface area contributed by atoms with E-state index in [0.29, 0.717) is 40.6 Å². The van der Waals surface area contributed by atoms with Gasteiger partial charge in [-0.2, -0.15) is 5.26 Å². The van der Waals surface area contributed by atoms with Gasteiger partial charge in [0.15, 0.2) is 0 Å². The highest BCUT2D eigenvalue weighted by molar-refractivity contribution is 6.27. The summed E-state index contributed by atoms with van der Waals surface area (Å²) in [5, 5.41) is 9.90. The summed E-state index contributed by atoms with van der Waals surface area (Å²) < 4.78 is 5.98. The molecular weight excluding hydrogens is 420 g/mol. The summed E-state index contributed by atoms with van der Waals surface area (Å²) in [5.74, 6) is 0.609. The second-order valence-corrected chi connectivity index (χ2v) is 7.42. The monoisotopic (exact) mass is 438 g/mol. The lowest BCUT2D eigenvalue weighted by Gasteiger charge is -2.20. The van der Waals surface area contributed by atoms with Crippen molar-refractivity contribution in [3.63, 3.8) is 0 Å². The molecule has 162 valence electrons. The zero-order chi connectivity index (χ0) is 22.9. The maximum absolute atomic E-state index is 13.2. The summed E-state index contributed by atoms with van der Waals surface area (Å²) in [6.45, 7) is 1.85. The molecule has 1 saturated heterocycles. The fourth-order valence-corrected chi connectivity index (χ4v) is 3.85. The van der Waals surface area contributed by atoms with Crippen molar-refractivity contribution in [2.45, 2.75) is 13.3 Å². The van der Waals surface area contributed by atoms with Crippen LogP contribution in [-0.2, 0) is 11.2 Å². The smallest absolute Gasteiger partial charge is 0.336 e. The molecule has 1 aliphatic heterocycles. The third-order valence-corrected chi connectivity index (χ3v) is 5.46. The fourth-order valence-electron chi connectivity index (χ4n) is 3.85. The van der Waals surface area contributed by atoms with Gasteiger partial charge >= 0.3 is 6.03 Å². The van der Waals surface area contributed by atoms with Crippen LogP contribution >= 0.6 is 0 Å². The van der Waals surface area contributed by atoms with Gasteiger partial charge in [-0.1, -0.05) is 13.0 Å². The number of carbonyl (C=O) groups excluding carboxylic acids is 2. The predicted octanol–water partition coefficient (Wildman–Crippen LogP) is 4.16. The molecule has 1 aliphatic rings. The number of aromatic nitrogens is 3. The Kier molecular flexibility index (Phi) is 4.95. The Morgan fingerprint density at radius 1 is 1.15 bits per heavy atom. The van der Waals surface area contributed by atoms with Crippen molar-refractivity contribution in [3.05, 3.63) is 72.2 Å². The second kappa shape index (κ2) is 8.09. The SMILES string of the molecule is CCc1cc(Oc2ncnc3[nH]ccc23)ccc1N1C(=O)CN(c2cccc(C#N)c2)C1=O. The van der Waals surface area contributed by atoms with Gasteiger partial charge < -0.3 is 9.72 Å². The number of ether oxygens (including phenoxy) is 1. The highest BCUT2D eigenvalue weighted by atomic mass is 16.5. The number of urea groups is 1. The van der Waals surface area contributed by atoms with E-state index in [1.165, 1.54) is 16.1 Å². The van der Waals surface area contributed by atoms with Crippen LogP contribution in [0.4, 0.5) is 16.2 Å². The first-order valence-corrected chi connectivity index (χ1v) is 10.3. The fraction of sp³-hybridized carbons (Fsp3) is 0.125. The molecule has 0 aliphatic carbocycles. The molecule has 1 fully saturated rings. The number of imide groups is 1. The molecule has 9 heteroatoms. The Morgan fingerprint density at radius 3 is 2.85 bits per heavy atom. The number of fused-ring (bicyclic) bond motifs is 1. The van der Waals surface area contributed by atoms with E-state index >= 15 is 0 Å². The van der Waals surface area contributed by atoms with Crippen LogP contribution < -0.4 is 14.5 Å². The van der Waals surface area contributed by atoms with Crippen molar-refractivity contribution in [2.75, 3.05) is 16.3 Å². The van der Waals surface area contributed by atoms with Gasteiger partial charge in [-0.15, -0.1) is 0 Å². The Labute approximate surface area is 188 Å². The molecule has 0 radical (unpaired) electrons. The number of aryl methyl sites for hydroxylation is 1. The molecule has 3 heterocycles. The summed E-state index contributed by atoms with van der Waals surface area (Å²) >= 11 is 0. The molecule has 3 amide bonds. The molecule has 2 aromatic heterocycles. The first-order chi connectivity index (χ1) is 16.1. The van der Waals surface area contributed by atoms with Gasteiger partial charge in [0.2, 0.25) is 5.88 Å². The maximum Gasteiger partial charge on any atom is 0.336 e. The van der Waals surface area contributed by atoms with Gasteiger partial charge in [-0.05, 0) is 54.4 Å². The molecule has 4 aromatic rings. The highest BCUT2D eigenvalue weighted by Crippen LogP contribution is 2.33. The Balaban J connectivity index is 1.45. The number of H-pyrrole nitrogens is 1. The number of rotatable bonds is 5. The minimum atomic E-state index is -0.455. The van der Waals surface area contributed by atoms with E-state index in [0.717, 1.165) is 10.9 Å². The van der Waals surface area contributed by atoms with Gasteiger partial charge in [0.05, 0.1) is 22.7 Å². The lowest BCUT2D eigenvalue weighted by molar-refractivity contribution is -0.115. The topological polar surface area (TPSA) is 115 Å². The normalized spacial score (nSPS) is 13.6. The third kappa shape index (κ3) is 3.53. The molecule has 0 spiro atoms. The van der Waals surface area contributed by atoms with Crippen molar-refractivity contribution < 1.29 is 14.3 Å². The number of nitrogens with zero attached hydrogens (tertiary/aromatic N) is 5. The largest absolute Gasteiger partial charge is 0.438 e. The number of carbonyl (C=O) groups is 2. The standard InChI is InChI=1S/C24H18N6O3/c1-2-16-11-18(33-23-19-8-9-26-22(19)27-14-28-23)6-7-20(16)30-21(31)13-29(24(30)32)17-5-3-4-15(10-17)12-25/h3-11,14H,2,13H2,1H3,(H,26,27,28). The number of aromatic amines is 1. The number of amides is 3. The number of nitrogens with one attached hydrogen (secondary N) is 1. The molecule has 0 atom stereocenters.